The Kier molecular flexibility index (Phi) is 6.31. The van der Waals surface area contributed by atoms with Gasteiger partial charge in [0.25, 0.3) is 5.91 Å². The van der Waals surface area contributed by atoms with E-state index in [9.17, 15) is 4.79 Å². The third kappa shape index (κ3) is 4.80. The summed E-state index contributed by atoms with van der Waals surface area (Å²) in [5.41, 5.74) is 5.68. The lowest BCUT2D eigenvalue weighted by Crippen LogP contribution is -2.25. The second-order valence-corrected chi connectivity index (χ2v) is 4.34. The zero-order chi connectivity index (χ0) is 13.4. The van der Waals surface area contributed by atoms with Gasteiger partial charge in [-0.3, -0.25) is 9.48 Å². The zero-order valence-electron chi connectivity index (χ0n) is 10.7. The van der Waals surface area contributed by atoms with Gasteiger partial charge in [-0.15, -0.1) is 5.10 Å². The smallest absolute Gasteiger partial charge is 0.273 e. The molecule has 0 bridgehead atoms. The van der Waals surface area contributed by atoms with E-state index in [2.05, 4.69) is 15.6 Å². The predicted octanol–water partition coefficient (Wildman–Crippen LogP) is -0.625. The lowest BCUT2D eigenvalue weighted by atomic mass is 10.1. The summed E-state index contributed by atoms with van der Waals surface area (Å²) < 4.78 is 1.54. The van der Waals surface area contributed by atoms with E-state index in [0.29, 0.717) is 25.3 Å². The summed E-state index contributed by atoms with van der Waals surface area (Å²) in [6.07, 6.45) is 3.31. The molecule has 1 aromatic heterocycles. The second kappa shape index (κ2) is 7.78. The van der Waals surface area contributed by atoms with Crippen LogP contribution in [-0.2, 0) is 6.54 Å². The number of hydrogen-bond acceptors (Lipinski definition) is 5. The highest BCUT2D eigenvalue weighted by molar-refractivity contribution is 5.91. The number of aliphatic hydroxyl groups excluding tert-OH is 1. The van der Waals surface area contributed by atoms with Crippen LogP contribution in [0.5, 0.6) is 0 Å². The molecule has 102 valence electrons. The molecule has 0 spiro atoms. The molecule has 1 heterocycles. The van der Waals surface area contributed by atoms with E-state index in [0.717, 1.165) is 12.8 Å². The largest absolute Gasteiger partial charge is 0.396 e. The van der Waals surface area contributed by atoms with Crippen molar-refractivity contribution in [3.63, 3.8) is 0 Å². The molecule has 1 amide bonds. The maximum Gasteiger partial charge on any atom is 0.273 e. The summed E-state index contributed by atoms with van der Waals surface area (Å²) in [7, 11) is 0. The molecule has 7 nitrogen and oxygen atoms in total. The number of aromatic nitrogens is 3. The highest BCUT2D eigenvalue weighted by Gasteiger charge is 2.09. The number of aliphatic hydroxyl groups is 1. The summed E-state index contributed by atoms with van der Waals surface area (Å²) in [5, 5.41) is 19.2. The molecule has 0 saturated heterocycles. The minimum Gasteiger partial charge on any atom is -0.396 e. The third-order valence-electron chi connectivity index (χ3n) is 2.60. The molecule has 1 aromatic rings. The van der Waals surface area contributed by atoms with Gasteiger partial charge in [-0.2, -0.15) is 0 Å². The van der Waals surface area contributed by atoms with Crippen LogP contribution in [-0.4, -0.2) is 45.7 Å². The van der Waals surface area contributed by atoms with Crippen molar-refractivity contribution in [1.82, 2.24) is 20.3 Å². The molecule has 0 aliphatic heterocycles. The Morgan fingerprint density at radius 3 is 3.11 bits per heavy atom. The molecule has 0 radical (unpaired) electrons. The molecule has 0 saturated carbocycles. The topological polar surface area (TPSA) is 106 Å². The predicted molar refractivity (Wildman–Crippen MR) is 66.9 cm³/mol. The van der Waals surface area contributed by atoms with Crippen molar-refractivity contribution in [1.29, 1.82) is 0 Å². The lowest BCUT2D eigenvalue weighted by molar-refractivity contribution is 0.0947. The van der Waals surface area contributed by atoms with Crippen LogP contribution in [0.1, 0.15) is 30.3 Å². The monoisotopic (exact) mass is 255 g/mol. The maximum atomic E-state index is 11.7. The standard InChI is InChI=1S/C11H21N5O2/c1-9(8-17)3-2-5-13-11(18)10-7-16(6-4-12)15-14-10/h7,9,17H,2-6,8,12H2,1H3,(H,13,18). The van der Waals surface area contributed by atoms with Crippen LogP contribution in [0.25, 0.3) is 0 Å². The Hall–Kier alpha value is -1.47. The van der Waals surface area contributed by atoms with Crippen molar-refractivity contribution in [3.8, 4) is 0 Å². The Labute approximate surface area is 106 Å². The van der Waals surface area contributed by atoms with Crippen LogP contribution in [0.2, 0.25) is 0 Å². The van der Waals surface area contributed by atoms with Gasteiger partial charge in [-0.05, 0) is 18.8 Å². The van der Waals surface area contributed by atoms with Gasteiger partial charge in [0.2, 0.25) is 0 Å². The van der Waals surface area contributed by atoms with Gasteiger partial charge in [0.15, 0.2) is 5.69 Å². The number of hydrogen-bond donors (Lipinski definition) is 3. The minimum absolute atomic E-state index is 0.182. The normalized spacial score (nSPS) is 12.4. The fraction of sp³-hybridized carbons (Fsp3) is 0.727. The quantitative estimate of drug-likeness (QED) is 0.536. The summed E-state index contributed by atoms with van der Waals surface area (Å²) >= 11 is 0. The molecule has 1 unspecified atom stereocenters. The molecular weight excluding hydrogens is 234 g/mol. The van der Waals surface area contributed by atoms with E-state index in [1.165, 1.54) is 0 Å². The van der Waals surface area contributed by atoms with Crippen molar-refractivity contribution in [2.45, 2.75) is 26.3 Å². The Bertz CT molecular complexity index is 366. The van der Waals surface area contributed by atoms with Crippen molar-refractivity contribution in [3.05, 3.63) is 11.9 Å². The van der Waals surface area contributed by atoms with Crippen molar-refractivity contribution in [2.24, 2.45) is 11.7 Å². The molecule has 0 aliphatic carbocycles. The molecule has 1 atom stereocenters. The SMILES string of the molecule is CC(CO)CCCNC(=O)c1cn(CCN)nn1. The first-order valence-corrected chi connectivity index (χ1v) is 6.16. The van der Waals surface area contributed by atoms with Crippen molar-refractivity contribution in [2.75, 3.05) is 19.7 Å². The van der Waals surface area contributed by atoms with Crippen LogP contribution >= 0.6 is 0 Å². The van der Waals surface area contributed by atoms with Gasteiger partial charge in [0.05, 0.1) is 12.7 Å². The minimum atomic E-state index is -0.227. The highest BCUT2D eigenvalue weighted by Crippen LogP contribution is 2.02. The molecule has 0 aliphatic rings. The molecular formula is C11H21N5O2. The van der Waals surface area contributed by atoms with E-state index in [1.54, 1.807) is 10.9 Å². The van der Waals surface area contributed by atoms with Crippen molar-refractivity contribution >= 4 is 5.91 Å². The Morgan fingerprint density at radius 1 is 1.67 bits per heavy atom. The van der Waals surface area contributed by atoms with Gasteiger partial charge in [-0.1, -0.05) is 12.1 Å². The molecule has 4 N–H and O–H groups in total. The average molecular weight is 255 g/mol. The first-order valence-electron chi connectivity index (χ1n) is 6.16. The van der Waals surface area contributed by atoms with E-state index >= 15 is 0 Å². The number of nitrogens with two attached hydrogens (primary N) is 1. The van der Waals surface area contributed by atoms with Crippen LogP contribution in [0.15, 0.2) is 6.20 Å². The van der Waals surface area contributed by atoms with E-state index < -0.39 is 0 Å². The first kappa shape index (κ1) is 14.6. The number of nitrogens with zero attached hydrogens (tertiary/aromatic N) is 3. The van der Waals surface area contributed by atoms with Crippen molar-refractivity contribution < 1.29 is 9.90 Å². The van der Waals surface area contributed by atoms with E-state index in [1.807, 2.05) is 6.92 Å². The Balaban J connectivity index is 2.27. The van der Waals surface area contributed by atoms with Crippen LogP contribution in [0.4, 0.5) is 0 Å². The molecule has 7 heteroatoms. The second-order valence-electron chi connectivity index (χ2n) is 4.34. The fourth-order valence-corrected chi connectivity index (χ4v) is 1.48. The number of amides is 1. The van der Waals surface area contributed by atoms with Gasteiger partial charge < -0.3 is 16.2 Å². The lowest BCUT2D eigenvalue weighted by Gasteiger charge is -2.07. The highest BCUT2D eigenvalue weighted by atomic mass is 16.3. The number of rotatable bonds is 8. The Morgan fingerprint density at radius 2 is 2.44 bits per heavy atom. The molecule has 0 aromatic carbocycles. The summed E-state index contributed by atoms with van der Waals surface area (Å²) in [4.78, 5) is 11.7. The van der Waals surface area contributed by atoms with Gasteiger partial charge in [0, 0.05) is 19.7 Å². The number of carbonyl (C=O) groups excluding carboxylic acids is 1. The number of carbonyl (C=O) groups is 1. The summed E-state index contributed by atoms with van der Waals surface area (Å²) in [5.74, 6) is 0.0438. The molecule has 18 heavy (non-hydrogen) atoms. The summed E-state index contributed by atoms with van der Waals surface area (Å²) in [6, 6.07) is 0. The van der Waals surface area contributed by atoms with Gasteiger partial charge >= 0.3 is 0 Å². The van der Waals surface area contributed by atoms with Gasteiger partial charge in [0.1, 0.15) is 0 Å². The van der Waals surface area contributed by atoms with E-state index in [4.69, 9.17) is 10.8 Å². The fourth-order valence-electron chi connectivity index (χ4n) is 1.48. The van der Waals surface area contributed by atoms with Crippen LogP contribution < -0.4 is 11.1 Å². The van der Waals surface area contributed by atoms with Crippen LogP contribution in [0.3, 0.4) is 0 Å². The molecule has 1 rings (SSSR count). The third-order valence-corrected chi connectivity index (χ3v) is 2.60. The van der Waals surface area contributed by atoms with Gasteiger partial charge in [-0.25, -0.2) is 0 Å². The zero-order valence-corrected chi connectivity index (χ0v) is 10.7. The number of nitrogens with one attached hydrogen (secondary N) is 1. The van der Waals surface area contributed by atoms with Crippen LogP contribution in [0, 0.1) is 5.92 Å². The average Bonchev–Trinajstić information content (AvgIpc) is 2.83. The summed E-state index contributed by atoms with van der Waals surface area (Å²) in [6.45, 7) is 3.74. The van der Waals surface area contributed by atoms with E-state index in [-0.39, 0.29) is 18.4 Å². The first-order chi connectivity index (χ1) is 8.67. The maximum absolute atomic E-state index is 11.7. The molecule has 0 fully saturated rings.